The topological polar surface area (TPSA) is 47.9 Å². The van der Waals surface area contributed by atoms with Crippen molar-refractivity contribution >= 4 is 17.8 Å². The third-order valence-corrected chi connectivity index (χ3v) is 3.97. The van der Waals surface area contributed by atoms with Gasteiger partial charge in [-0.15, -0.1) is 0 Å². The lowest BCUT2D eigenvalue weighted by Gasteiger charge is -2.09. The summed E-state index contributed by atoms with van der Waals surface area (Å²) in [5.74, 6) is 0.317. The lowest BCUT2D eigenvalue weighted by molar-refractivity contribution is -0.136. The smallest absolute Gasteiger partial charge is 0.368 e. The molecule has 3 rings (SSSR count). The van der Waals surface area contributed by atoms with Crippen molar-refractivity contribution in [1.82, 2.24) is 0 Å². The largest absolute Gasteiger partial charge is 0.493 e. The fraction of sp³-hybridized carbons (Fsp3) is 0.238. The lowest BCUT2D eigenvalue weighted by Crippen LogP contribution is -2.07. The van der Waals surface area contributed by atoms with Gasteiger partial charge in [0.15, 0.2) is 0 Å². The van der Waals surface area contributed by atoms with E-state index in [-0.39, 0.29) is 0 Å². The van der Waals surface area contributed by atoms with Gasteiger partial charge in [0.2, 0.25) is 0 Å². The number of nitrogens with zero attached hydrogens (tertiary/aromatic N) is 1. The maximum atomic E-state index is 12.1. The van der Waals surface area contributed by atoms with Crippen molar-refractivity contribution in [1.29, 1.82) is 0 Å². The molecular weight excluding hydrogens is 314 g/mol. The molecule has 4 heteroatoms. The van der Waals surface area contributed by atoms with Crippen LogP contribution in [0.4, 0.5) is 0 Å². The third kappa shape index (κ3) is 4.15. The fourth-order valence-corrected chi connectivity index (χ4v) is 2.63. The molecule has 0 unspecified atom stereocenters. The van der Waals surface area contributed by atoms with Gasteiger partial charge >= 0.3 is 5.97 Å². The van der Waals surface area contributed by atoms with Crippen LogP contribution in [0.25, 0.3) is 6.08 Å². The molecule has 0 saturated carbocycles. The number of unbranched alkanes of at least 4 members (excludes halogenated alkanes) is 2. The van der Waals surface area contributed by atoms with Gasteiger partial charge in [0.05, 0.1) is 12.2 Å². The van der Waals surface area contributed by atoms with Gasteiger partial charge in [-0.05, 0) is 18.6 Å². The molecule has 0 N–H and O–H groups in total. The number of para-hydroxylation sites is 1. The number of carbonyl (C=O) groups excluding carboxylic acids is 1. The molecule has 0 aliphatic carbocycles. The molecule has 0 saturated heterocycles. The van der Waals surface area contributed by atoms with Crippen LogP contribution in [0.15, 0.2) is 65.3 Å². The molecule has 1 aliphatic rings. The summed E-state index contributed by atoms with van der Waals surface area (Å²) < 4.78 is 5.89. The highest BCUT2D eigenvalue weighted by Gasteiger charge is 2.27. The third-order valence-electron chi connectivity index (χ3n) is 3.97. The standard InChI is InChI=1S/C21H21NO3/c1-2-3-9-14-24-19-13-8-7-12-17(19)15-18-20(22-25-21(18)23)16-10-5-4-6-11-16/h4-8,10-13,15H,2-3,9,14H2,1H3. The molecule has 0 spiro atoms. The average Bonchev–Trinajstić information content (AvgIpc) is 3.01. The zero-order chi connectivity index (χ0) is 17.5. The van der Waals surface area contributed by atoms with E-state index in [1.165, 1.54) is 0 Å². The van der Waals surface area contributed by atoms with E-state index >= 15 is 0 Å². The zero-order valence-corrected chi connectivity index (χ0v) is 14.3. The van der Waals surface area contributed by atoms with Crippen LogP contribution in [0.3, 0.4) is 0 Å². The number of ether oxygens (including phenoxy) is 1. The molecule has 25 heavy (non-hydrogen) atoms. The van der Waals surface area contributed by atoms with Gasteiger partial charge in [-0.3, -0.25) is 0 Å². The van der Waals surface area contributed by atoms with Crippen molar-refractivity contribution in [2.45, 2.75) is 26.2 Å². The SMILES string of the molecule is CCCCCOc1ccccc1C=C1C(=O)ON=C1c1ccccc1. The van der Waals surface area contributed by atoms with Gasteiger partial charge in [0.25, 0.3) is 0 Å². The molecule has 0 atom stereocenters. The van der Waals surface area contributed by atoms with Crippen LogP contribution in [0.1, 0.15) is 37.3 Å². The second-order valence-electron chi connectivity index (χ2n) is 5.84. The Kier molecular flexibility index (Phi) is 5.62. The van der Waals surface area contributed by atoms with E-state index in [2.05, 4.69) is 12.1 Å². The van der Waals surface area contributed by atoms with Crippen LogP contribution >= 0.6 is 0 Å². The van der Waals surface area contributed by atoms with Gasteiger partial charge in [-0.2, -0.15) is 0 Å². The lowest BCUT2D eigenvalue weighted by atomic mass is 10.0. The summed E-state index contributed by atoms with van der Waals surface area (Å²) in [6.07, 6.45) is 5.09. The maximum Gasteiger partial charge on any atom is 0.368 e. The Balaban J connectivity index is 1.86. The number of rotatable bonds is 7. The van der Waals surface area contributed by atoms with E-state index in [1.807, 2.05) is 54.6 Å². The van der Waals surface area contributed by atoms with Gasteiger partial charge in [0.1, 0.15) is 11.5 Å². The van der Waals surface area contributed by atoms with E-state index in [4.69, 9.17) is 9.57 Å². The molecule has 1 heterocycles. The number of carbonyl (C=O) groups is 1. The predicted octanol–water partition coefficient (Wildman–Crippen LogP) is 4.60. The highest BCUT2D eigenvalue weighted by molar-refractivity contribution is 6.31. The molecular formula is C21H21NO3. The molecule has 0 amide bonds. The first kappa shape index (κ1) is 17.0. The van der Waals surface area contributed by atoms with Crippen LogP contribution in [0, 0.1) is 0 Å². The van der Waals surface area contributed by atoms with E-state index in [0.717, 1.165) is 36.1 Å². The number of oxime groups is 1. The van der Waals surface area contributed by atoms with E-state index in [0.29, 0.717) is 17.9 Å². The summed E-state index contributed by atoms with van der Waals surface area (Å²) >= 11 is 0. The minimum absolute atomic E-state index is 0.441. The van der Waals surface area contributed by atoms with Crippen LogP contribution in [-0.2, 0) is 9.63 Å². The minimum Gasteiger partial charge on any atom is -0.493 e. The van der Waals surface area contributed by atoms with Crippen molar-refractivity contribution < 1.29 is 14.4 Å². The van der Waals surface area contributed by atoms with Crippen LogP contribution in [0.5, 0.6) is 5.75 Å². The van der Waals surface area contributed by atoms with Crippen molar-refractivity contribution in [2.24, 2.45) is 5.16 Å². The highest BCUT2D eigenvalue weighted by Crippen LogP contribution is 2.25. The first-order valence-corrected chi connectivity index (χ1v) is 8.58. The molecule has 0 fully saturated rings. The Labute approximate surface area is 147 Å². The molecule has 4 nitrogen and oxygen atoms in total. The number of hydrogen-bond acceptors (Lipinski definition) is 4. The van der Waals surface area contributed by atoms with Crippen molar-refractivity contribution in [3.8, 4) is 5.75 Å². The highest BCUT2D eigenvalue weighted by atomic mass is 16.7. The quantitative estimate of drug-likeness (QED) is 0.422. The van der Waals surface area contributed by atoms with E-state index in [1.54, 1.807) is 6.08 Å². The summed E-state index contributed by atoms with van der Waals surface area (Å²) in [5, 5.41) is 3.94. The Hall–Kier alpha value is -2.88. The number of benzene rings is 2. The second kappa shape index (κ2) is 8.29. The van der Waals surface area contributed by atoms with Crippen molar-refractivity contribution in [2.75, 3.05) is 6.61 Å². The first-order chi connectivity index (χ1) is 12.3. The molecule has 0 radical (unpaired) electrons. The van der Waals surface area contributed by atoms with Gasteiger partial charge < -0.3 is 9.57 Å². The monoisotopic (exact) mass is 335 g/mol. The second-order valence-corrected chi connectivity index (χ2v) is 5.84. The summed E-state index contributed by atoms with van der Waals surface area (Å²) in [7, 11) is 0. The van der Waals surface area contributed by atoms with Gasteiger partial charge in [-0.1, -0.05) is 73.5 Å². The van der Waals surface area contributed by atoms with Crippen LogP contribution in [-0.4, -0.2) is 18.3 Å². The summed E-state index contributed by atoms with van der Waals surface area (Å²) in [6.45, 7) is 2.83. The molecule has 1 aliphatic heterocycles. The Morgan fingerprint density at radius 3 is 2.60 bits per heavy atom. The Bertz CT molecular complexity index is 794. The van der Waals surface area contributed by atoms with Crippen molar-refractivity contribution in [3.63, 3.8) is 0 Å². The van der Waals surface area contributed by atoms with E-state index in [9.17, 15) is 4.79 Å². The fourth-order valence-electron chi connectivity index (χ4n) is 2.63. The minimum atomic E-state index is -0.445. The predicted molar refractivity (Wildman–Crippen MR) is 98.5 cm³/mol. The summed E-state index contributed by atoms with van der Waals surface area (Å²) in [4.78, 5) is 17.0. The molecule has 2 aromatic rings. The Morgan fingerprint density at radius 2 is 1.80 bits per heavy atom. The Morgan fingerprint density at radius 1 is 1.04 bits per heavy atom. The number of hydrogen-bond donors (Lipinski definition) is 0. The van der Waals surface area contributed by atoms with Gasteiger partial charge in [0, 0.05) is 11.1 Å². The summed E-state index contributed by atoms with van der Waals surface area (Å²) in [5.41, 5.74) is 2.68. The molecule has 128 valence electrons. The molecule has 2 aromatic carbocycles. The van der Waals surface area contributed by atoms with Crippen LogP contribution < -0.4 is 4.74 Å². The zero-order valence-electron chi connectivity index (χ0n) is 14.3. The molecule has 0 bridgehead atoms. The average molecular weight is 335 g/mol. The van der Waals surface area contributed by atoms with E-state index < -0.39 is 5.97 Å². The van der Waals surface area contributed by atoms with Crippen LogP contribution in [0.2, 0.25) is 0 Å². The van der Waals surface area contributed by atoms with Gasteiger partial charge in [-0.25, -0.2) is 4.79 Å². The van der Waals surface area contributed by atoms with Crippen molar-refractivity contribution in [3.05, 3.63) is 71.3 Å². The summed E-state index contributed by atoms with van der Waals surface area (Å²) in [6, 6.07) is 17.2. The normalized spacial score (nSPS) is 15.2. The first-order valence-electron chi connectivity index (χ1n) is 8.58. The molecule has 0 aromatic heterocycles. The maximum absolute atomic E-state index is 12.1.